The topological polar surface area (TPSA) is 68.0 Å². The summed E-state index contributed by atoms with van der Waals surface area (Å²) in [7, 11) is 0. The Hall–Kier alpha value is -2.73. The van der Waals surface area contributed by atoms with Crippen molar-refractivity contribution in [3.05, 3.63) is 65.3 Å². The van der Waals surface area contributed by atoms with Gasteiger partial charge in [0, 0.05) is 10.6 Å². The Bertz CT molecular complexity index is 818. The van der Waals surface area contributed by atoms with Crippen LogP contribution in [-0.2, 0) is 0 Å². The van der Waals surface area contributed by atoms with Gasteiger partial charge in [0.15, 0.2) is 0 Å². The van der Waals surface area contributed by atoms with Gasteiger partial charge in [-0.25, -0.2) is 4.39 Å². The summed E-state index contributed by atoms with van der Waals surface area (Å²) in [5, 5.41) is 10.4. The minimum Gasteiger partial charge on any atom is -0.412 e. The first kappa shape index (κ1) is 14.2. The molecule has 0 saturated heterocycles. The predicted molar refractivity (Wildman–Crippen MR) is 79.1 cm³/mol. The highest BCUT2D eigenvalue weighted by Crippen LogP contribution is 2.21. The van der Waals surface area contributed by atoms with E-state index in [0.29, 0.717) is 10.6 Å². The molecule has 22 heavy (non-hydrogen) atoms. The van der Waals surface area contributed by atoms with Crippen molar-refractivity contribution in [1.82, 2.24) is 10.2 Å². The van der Waals surface area contributed by atoms with Gasteiger partial charge >= 0.3 is 11.8 Å². The molecular weight excluding hydrogens is 309 g/mol. The first-order chi connectivity index (χ1) is 10.6. The monoisotopic (exact) mass is 317 g/mol. The molecule has 2 aromatic carbocycles. The van der Waals surface area contributed by atoms with E-state index in [1.54, 1.807) is 30.3 Å². The van der Waals surface area contributed by atoms with Crippen molar-refractivity contribution in [2.75, 3.05) is 5.32 Å². The molecule has 7 heteroatoms. The van der Waals surface area contributed by atoms with Gasteiger partial charge in [0.25, 0.3) is 0 Å². The molecule has 5 nitrogen and oxygen atoms in total. The van der Waals surface area contributed by atoms with Gasteiger partial charge in [-0.2, -0.15) is 0 Å². The number of para-hydroxylation sites is 1. The minimum absolute atomic E-state index is 0.0405. The van der Waals surface area contributed by atoms with Crippen LogP contribution >= 0.6 is 11.6 Å². The Labute approximate surface area is 129 Å². The number of amides is 1. The summed E-state index contributed by atoms with van der Waals surface area (Å²) < 4.78 is 18.8. The van der Waals surface area contributed by atoms with Crippen LogP contribution < -0.4 is 5.32 Å². The third-order valence-corrected chi connectivity index (χ3v) is 3.08. The fourth-order valence-electron chi connectivity index (χ4n) is 1.76. The second-order valence-electron chi connectivity index (χ2n) is 4.35. The number of nitrogens with zero attached hydrogens (tertiary/aromatic N) is 2. The summed E-state index contributed by atoms with van der Waals surface area (Å²) in [6.07, 6.45) is 0. The molecule has 1 aromatic heterocycles. The van der Waals surface area contributed by atoms with Gasteiger partial charge in [0.2, 0.25) is 5.89 Å². The van der Waals surface area contributed by atoms with Crippen LogP contribution in [0.4, 0.5) is 10.1 Å². The maximum Gasteiger partial charge on any atom is 0.313 e. The Morgan fingerprint density at radius 2 is 1.82 bits per heavy atom. The zero-order chi connectivity index (χ0) is 15.5. The van der Waals surface area contributed by atoms with Crippen molar-refractivity contribution in [2.24, 2.45) is 0 Å². The van der Waals surface area contributed by atoms with Gasteiger partial charge in [-0.3, -0.25) is 4.79 Å². The molecule has 3 rings (SSSR count). The molecular formula is C15H9ClFN3O2. The molecule has 1 heterocycles. The largest absolute Gasteiger partial charge is 0.412 e. The lowest BCUT2D eigenvalue weighted by Crippen LogP contribution is -2.13. The molecule has 0 unspecified atom stereocenters. The Kier molecular flexibility index (Phi) is 3.84. The zero-order valence-corrected chi connectivity index (χ0v) is 11.8. The van der Waals surface area contributed by atoms with Crippen molar-refractivity contribution >= 4 is 23.2 Å². The lowest BCUT2D eigenvalue weighted by atomic mass is 10.2. The van der Waals surface area contributed by atoms with Gasteiger partial charge in [0.05, 0.1) is 5.69 Å². The van der Waals surface area contributed by atoms with Gasteiger partial charge in [-0.1, -0.05) is 23.7 Å². The van der Waals surface area contributed by atoms with E-state index in [1.807, 2.05) is 0 Å². The van der Waals surface area contributed by atoms with E-state index >= 15 is 0 Å². The fourth-order valence-corrected chi connectivity index (χ4v) is 1.89. The van der Waals surface area contributed by atoms with Crippen LogP contribution in [0, 0.1) is 5.82 Å². The van der Waals surface area contributed by atoms with E-state index in [-0.39, 0.29) is 17.5 Å². The van der Waals surface area contributed by atoms with Crippen LogP contribution in [0.3, 0.4) is 0 Å². The second kappa shape index (κ2) is 5.95. The molecule has 1 amide bonds. The van der Waals surface area contributed by atoms with E-state index < -0.39 is 11.7 Å². The van der Waals surface area contributed by atoms with E-state index in [9.17, 15) is 9.18 Å². The van der Waals surface area contributed by atoms with Crippen LogP contribution in [-0.4, -0.2) is 16.1 Å². The number of rotatable bonds is 3. The first-order valence-corrected chi connectivity index (χ1v) is 6.66. The molecule has 0 aliphatic carbocycles. The molecule has 0 radical (unpaired) electrons. The number of aromatic nitrogens is 2. The Balaban J connectivity index is 1.80. The molecule has 0 aliphatic rings. The molecule has 110 valence electrons. The summed E-state index contributed by atoms with van der Waals surface area (Å²) in [4.78, 5) is 12.0. The number of carbonyl (C=O) groups excluding carboxylic acids is 1. The van der Waals surface area contributed by atoms with Gasteiger partial charge in [-0.15, -0.1) is 10.2 Å². The number of nitrogens with one attached hydrogen (secondary N) is 1. The summed E-state index contributed by atoms with van der Waals surface area (Å²) in [5.74, 6) is -1.31. The van der Waals surface area contributed by atoms with E-state index in [0.717, 1.165) is 0 Å². The quantitative estimate of drug-likeness (QED) is 0.798. The maximum absolute atomic E-state index is 13.5. The third kappa shape index (κ3) is 2.96. The molecule has 1 N–H and O–H groups in total. The van der Waals surface area contributed by atoms with Crippen LogP contribution in [0.15, 0.2) is 52.9 Å². The average molecular weight is 318 g/mol. The van der Waals surface area contributed by atoms with Crippen molar-refractivity contribution in [1.29, 1.82) is 0 Å². The van der Waals surface area contributed by atoms with Crippen LogP contribution in [0.5, 0.6) is 0 Å². The molecule has 0 bridgehead atoms. The molecule has 0 spiro atoms. The highest BCUT2D eigenvalue weighted by atomic mass is 35.5. The highest BCUT2D eigenvalue weighted by Gasteiger charge is 2.17. The van der Waals surface area contributed by atoms with Crippen molar-refractivity contribution in [3.8, 4) is 11.5 Å². The highest BCUT2D eigenvalue weighted by molar-refractivity contribution is 6.30. The molecule has 0 atom stereocenters. The van der Waals surface area contributed by atoms with Crippen molar-refractivity contribution in [3.63, 3.8) is 0 Å². The Morgan fingerprint density at radius 3 is 2.55 bits per heavy atom. The number of benzene rings is 2. The average Bonchev–Trinajstić information content (AvgIpc) is 3.00. The summed E-state index contributed by atoms with van der Waals surface area (Å²) in [6.45, 7) is 0. The number of hydrogen-bond acceptors (Lipinski definition) is 4. The van der Waals surface area contributed by atoms with Crippen LogP contribution in [0.1, 0.15) is 10.7 Å². The number of carbonyl (C=O) groups is 1. The molecule has 3 aromatic rings. The van der Waals surface area contributed by atoms with Gasteiger partial charge in [-0.05, 0) is 36.4 Å². The van der Waals surface area contributed by atoms with E-state index in [1.165, 1.54) is 18.2 Å². The lowest BCUT2D eigenvalue weighted by molar-refractivity contribution is 0.0990. The zero-order valence-electron chi connectivity index (χ0n) is 11.1. The van der Waals surface area contributed by atoms with Crippen LogP contribution in [0.2, 0.25) is 5.02 Å². The second-order valence-corrected chi connectivity index (χ2v) is 4.79. The summed E-state index contributed by atoms with van der Waals surface area (Å²) in [5.41, 5.74) is 0.667. The number of halogens is 2. The van der Waals surface area contributed by atoms with Gasteiger partial charge < -0.3 is 9.73 Å². The fraction of sp³-hybridized carbons (Fsp3) is 0. The SMILES string of the molecule is O=C(Nc1ccccc1F)c1nnc(-c2ccc(Cl)cc2)o1. The molecule has 0 fully saturated rings. The standard InChI is InChI=1S/C15H9ClFN3O2/c16-10-7-5-9(6-8-10)14-19-20-15(22-14)13(21)18-12-4-2-1-3-11(12)17/h1-8H,(H,18,21). The predicted octanol–water partition coefficient (Wildman–Crippen LogP) is 3.78. The Morgan fingerprint density at radius 1 is 1.09 bits per heavy atom. The summed E-state index contributed by atoms with van der Waals surface area (Å²) in [6, 6.07) is 12.5. The lowest BCUT2D eigenvalue weighted by Gasteiger charge is -2.02. The van der Waals surface area contributed by atoms with E-state index in [2.05, 4.69) is 15.5 Å². The molecule has 0 saturated carbocycles. The summed E-state index contributed by atoms with van der Waals surface area (Å²) >= 11 is 5.79. The smallest absolute Gasteiger partial charge is 0.313 e. The molecule has 0 aliphatic heterocycles. The maximum atomic E-state index is 13.5. The van der Waals surface area contributed by atoms with Crippen molar-refractivity contribution in [2.45, 2.75) is 0 Å². The van der Waals surface area contributed by atoms with Gasteiger partial charge in [0.1, 0.15) is 5.82 Å². The minimum atomic E-state index is -0.683. The first-order valence-electron chi connectivity index (χ1n) is 6.29. The third-order valence-electron chi connectivity index (χ3n) is 2.83. The number of anilines is 1. The van der Waals surface area contributed by atoms with E-state index in [4.69, 9.17) is 16.0 Å². The van der Waals surface area contributed by atoms with Crippen molar-refractivity contribution < 1.29 is 13.6 Å². The normalized spacial score (nSPS) is 10.5. The van der Waals surface area contributed by atoms with Crippen LogP contribution in [0.25, 0.3) is 11.5 Å². The number of hydrogen-bond donors (Lipinski definition) is 1.